The van der Waals surface area contributed by atoms with Gasteiger partial charge in [0.15, 0.2) is 6.61 Å². The lowest BCUT2D eigenvalue weighted by Gasteiger charge is -2.28. The highest BCUT2D eigenvalue weighted by molar-refractivity contribution is 6.23. The van der Waals surface area contributed by atoms with Gasteiger partial charge >= 0.3 is 5.97 Å². The van der Waals surface area contributed by atoms with E-state index >= 15 is 0 Å². The van der Waals surface area contributed by atoms with E-state index in [0.29, 0.717) is 11.4 Å². The summed E-state index contributed by atoms with van der Waals surface area (Å²) in [5.74, 6) is -1.52. The second-order valence-electron chi connectivity index (χ2n) is 10.5. The molecule has 1 N–H and O–H groups in total. The van der Waals surface area contributed by atoms with Gasteiger partial charge in [0, 0.05) is 5.69 Å². The van der Waals surface area contributed by atoms with Crippen LogP contribution in [0.5, 0.6) is 0 Å². The Hall–Kier alpha value is -4.26. The highest BCUT2D eigenvalue weighted by Gasteiger charge is 2.64. The summed E-state index contributed by atoms with van der Waals surface area (Å²) in [6.07, 6.45) is 1.82. The molecule has 2 saturated carbocycles. The normalized spacial score (nSPS) is 25.4. The first-order valence-electron chi connectivity index (χ1n) is 13.0. The lowest BCUT2D eigenvalue weighted by molar-refractivity contribution is -0.123. The van der Waals surface area contributed by atoms with Gasteiger partial charge in [-0.15, -0.1) is 0 Å². The topological polar surface area (TPSA) is 92.8 Å². The van der Waals surface area contributed by atoms with E-state index in [1.54, 1.807) is 30.3 Å². The minimum atomic E-state index is -0.700. The van der Waals surface area contributed by atoms with Crippen LogP contribution in [0, 0.1) is 30.6 Å². The van der Waals surface area contributed by atoms with Crippen LogP contribution in [0.25, 0.3) is 0 Å². The van der Waals surface area contributed by atoms with Gasteiger partial charge in [0.25, 0.3) is 5.91 Å². The van der Waals surface area contributed by atoms with Crippen molar-refractivity contribution in [2.45, 2.75) is 25.7 Å². The Morgan fingerprint density at radius 2 is 1.63 bits per heavy atom. The Balaban J connectivity index is 1.14. The number of benzene rings is 3. The van der Waals surface area contributed by atoms with Crippen molar-refractivity contribution in [3.63, 3.8) is 0 Å². The summed E-state index contributed by atoms with van der Waals surface area (Å²) in [7, 11) is 0. The minimum Gasteiger partial charge on any atom is -0.452 e. The summed E-state index contributed by atoms with van der Waals surface area (Å²) in [5, 5.41) is 2.68. The van der Waals surface area contributed by atoms with Crippen LogP contribution < -0.4 is 10.2 Å². The summed E-state index contributed by atoms with van der Waals surface area (Å²) < 4.78 is 5.20. The number of nitrogens with one attached hydrogen (secondary N) is 1. The molecule has 3 aromatic carbocycles. The molecular formula is C31H28N2O5. The molecule has 3 aromatic rings. The zero-order valence-corrected chi connectivity index (χ0v) is 21.0. The van der Waals surface area contributed by atoms with Crippen molar-refractivity contribution >= 4 is 35.1 Å². The quantitative estimate of drug-likeness (QED) is 0.384. The van der Waals surface area contributed by atoms with E-state index in [-0.39, 0.29) is 47.0 Å². The standard InChI is InChI=1S/C31H28N2O5/c1-18-10-12-22(13-11-18)32-26(34)17-38-31(37)20-8-5-9-23(14-20)33-29(35)27-21-15-24(19-6-3-2-4-7-19)25(16-21)28(27)30(33)36/h2-14,21,24-25,27-28H,15-17H2,1H3,(H,32,34)/t21-,24+,25+,27+,28-/m0/s1. The number of amides is 3. The second-order valence-corrected chi connectivity index (χ2v) is 10.5. The van der Waals surface area contributed by atoms with Crippen LogP contribution in [0.1, 0.15) is 40.2 Å². The molecule has 1 saturated heterocycles. The fourth-order valence-corrected chi connectivity index (χ4v) is 6.62. The molecule has 1 heterocycles. The fourth-order valence-electron chi connectivity index (χ4n) is 6.62. The maximum Gasteiger partial charge on any atom is 0.338 e. The number of carbonyl (C=O) groups excluding carboxylic acids is 4. The van der Waals surface area contributed by atoms with Crippen molar-refractivity contribution < 1.29 is 23.9 Å². The summed E-state index contributed by atoms with van der Waals surface area (Å²) >= 11 is 0. The van der Waals surface area contributed by atoms with Crippen molar-refractivity contribution in [1.82, 2.24) is 0 Å². The number of anilines is 2. The predicted molar refractivity (Wildman–Crippen MR) is 141 cm³/mol. The van der Waals surface area contributed by atoms with Crippen LogP contribution in [0.15, 0.2) is 78.9 Å². The van der Waals surface area contributed by atoms with Gasteiger partial charge in [-0.2, -0.15) is 0 Å². The smallest absolute Gasteiger partial charge is 0.338 e. The van der Waals surface area contributed by atoms with Crippen molar-refractivity contribution in [3.05, 3.63) is 95.6 Å². The van der Waals surface area contributed by atoms with Gasteiger partial charge in [0.2, 0.25) is 11.8 Å². The fraction of sp³-hybridized carbons (Fsp3) is 0.290. The van der Waals surface area contributed by atoms with Gasteiger partial charge < -0.3 is 10.1 Å². The number of aryl methyl sites for hydroxylation is 1. The number of esters is 1. The van der Waals surface area contributed by atoms with E-state index in [4.69, 9.17) is 4.74 Å². The molecule has 0 aromatic heterocycles. The molecule has 7 heteroatoms. The number of ether oxygens (including phenoxy) is 1. The van der Waals surface area contributed by atoms with E-state index in [9.17, 15) is 19.2 Å². The third kappa shape index (κ3) is 4.18. The first-order valence-corrected chi connectivity index (χ1v) is 13.0. The van der Waals surface area contributed by atoms with Crippen molar-refractivity contribution in [2.24, 2.45) is 23.7 Å². The van der Waals surface area contributed by atoms with Crippen molar-refractivity contribution in [1.29, 1.82) is 0 Å². The van der Waals surface area contributed by atoms with Gasteiger partial charge in [-0.1, -0.05) is 54.1 Å². The minimum absolute atomic E-state index is 0.147. The number of nitrogens with zero attached hydrogens (tertiary/aromatic N) is 1. The molecule has 0 spiro atoms. The zero-order chi connectivity index (χ0) is 26.4. The van der Waals surface area contributed by atoms with Gasteiger partial charge in [0.05, 0.1) is 23.1 Å². The first kappa shape index (κ1) is 24.1. The number of carbonyl (C=O) groups is 4. The van der Waals surface area contributed by atoms with Crippen molar-refractivity contribution in [3.8, 4) is 0 Å². The van der Waals surface area contributed by atoms with E-state index in [1.807, 2.05) is 37.3 Å². The van der Waals surface area contributed by atoms with Gasteiger partial charge in [-0.05, 0) is 73.4 Å². The molecule has 38 heavy (non-hydrogen) atoms. The maximum absolute atomic E-state index is 13.6. The molecule has 2 aliphatic carbocycles. The number of rotatable bonds is 6. The Kier molecular flexibility index (Phi) is 6.06. The Bertz CT molecular complexity index is 1420. The Morgan fingerprint density at radius 1 is 0.895 bits per heavy atom. The van der Waals surface area contributed by atoms with Crippen molar-refractivity contribution in [2.75, 3.05) is 16.8 Å². The molecule has 192 valence electrons. The summed E-state index contributed by atoms with van der Waals surface area (Å²) in [6.45, 7) is 1.50. The van der Waals surface area contributed by atoms with Gasteiger partial charge in [0.1, 0.15) is 0 Å². The average molecular weight is 509 g/mol. The number of imide groups is 1. The van der Waals surface area contributed by atoms with E-state index in [2.05, 4.69) is 17.4 Å². The molecule has 0 unspecified atom stereocenters. The highest BCUT2D eigenvalue weighted by atomic mass is 16.5. The van der Waals surface area contributed by atoms with Crippen LogP contribution in [-0.2, 0) is 19.1 Å². The van der Waals surface area contributed by atoms with Gasteiger partial charge in [-0.25, -0.2) is 4.79 Å². The van der Waals surface area contributed by atoms with Crippen LogP contribution in [0.3, 0.4) is 0 Å². The first-order chi connectivity index (χ1) is 18.4. The lowest BCUT2D eigenvalue weighted by Crippen LogP contribution is -2.33. The molecule has 5 atom stereocenters. The molecule has 3 fully saturated rings. The van der Waals surface area contributed by atoms with E-state index in [1.165, 1.54) is 16.5 Å². The number of hydrogen-bond donors (Lipinski definition) is 1. The monoisotopic (exact) mass is 508 g/mol. The van der Waals surface area contributed by atoms with Crippen LogP contribution in [0.4, 0.5) is 11.4 Å². The SMILES string of the molecule is Cc1ccc(NC(=O)COC(=O)c2cccc(N3C(=O)[C@@H]4[C@@H]5C[C@@H]([C@@H]4C3=O)[C@@H](c3ccccc3)C5)c2)cc1. The Labute approximate surface area is 220 Å². The molecule has 7 nitrogen and oxygen atoms in total. The summed E-state index contributed by atoms with van der Waals surface area (Å²) in [4.78, 5) is 53.2. The van der Waals surface area contributed by atoms with E-state index in [0.717, 1.165) is 18.4 Å². The molecule has 0 radical (unpaired) electrons. The molecule has 6 rings (SSSR count). The third-order valence-electron chi connectivity index (χ3n) is 8.25. The highest BCUT2D eigenvalue weighted by Crippen LogP contribution is 2.61. The largest absolute Gasteiger partial charge is 0.452 e. The number of fused-ring (bicyclic) bond motifs is 5. The molecule has 2 bridgehead atoms. The second kappa shape index (κ2) is 9.56. The summed E-state index contributed by atoms with van der Waals surface area (Å²) in [5.41, 5.74) is 3.45. The predicted octanol–water partition coefficient (Wildman–Crippen LogP) is 4.72. The molecule has 3 aliphatic rings. The van der Waals surface area contributed by atoms with Gasteiger partial charge in [-0.3, -0.25) is 19.3 Å². The zero-order valence-electron chi connectivity index (χ0n) is 21.0. The average Bonchev–Trinajstić information content (AvgIpc) is 3.60. The third-order valence-corrected chi connectivity index (χ3v) is 8.25. The summed E-state index contributed by atoms with van der Waals surface area (Å²) in [6, 6.07) is 23.8. The lowest BCUT2D eigenvalue weighted by atomic mass is 9.73. The number of hydrogen-bond acceptors (Lipinski definition) is 5. The van der Waals surface area contributed by atoms with E-state index < -0.39 is 18.5 Å². The molecule has 1 aliphatic heterocycles. The van der Waals surface area contributed by atoms with Crippen LogP contribution >= 0.6 is 0 Å². The Morgan fingerprint density at radius 3 is 2.39 bits per heavy atom. The molecule has 3 amide bonds. The maximum atomic E-state index is 13.6. The molecular weight excluding hydrogens is 480 g/mol. The van der Waals surface area contributed by atoms with Crippen LogP contribution in [0.2, 0.25) is 0 Å². The van der Waals surface area contributed by atoms with Crippen LogP contribution in [-0.4, -0.2) is 30.3 Å².